The lowest BCUT2D eigenvalue weighted by molar-refractivity contribution is 0.782. The standard InChI is InChI=1S/C17H21BrN4.HI/c1-13-11-15(18)7-6-14(13)12-22-17(19-2)21-10-8-16-5-3-4-9-20-16;/h3-7,9,11H,8,10,12H2,1-2H3,(H2,19,21,22);1H. The molecule has 124 valence electrons. The van der Waals surface area contributed by atoms with E-state index in [9.17, 15) is 0 Å². The Hall–Kier alpha value is -1.15. The molecule has 0 radical (unpaired) electrons. The van der Waals surface area contributed by atoms with E-state index in [0.29, 0.717) is 0 Å². The van der Waals surface area contributed by atoms with E-state index in [1.165, 1.54) is 11.1 Å². The van der Waals surface area contributed by atoms with Crippen molar-refractivity contribution in [1.82, 2.24) is 15.6 Å². The van der Waals surface area contributed by atoms with Crippen LogP contribution in [0.1, 0.15) is 16.8 Å². The van der Waals surface area contributed by atoms with Crippen molar-refractivity contribution in [2.24, 2.45) is 4.99 Å². The van der Waals surface area contributed by atoms with Gasteiger partial charge in [0.15, 0.2) is 5.96 Å². The molecule has 0 aliphatic rings. The van der Waals surface area contributed by atoms with Crippen LogP contribution in [-0.2, 0) is 13.0 Å². The fourth-order valence-electron chi connectivity index (χ4n) is 2.11. The third kappa shape index (κ3) is 6.87. The second-order valence-corrected chi connectivity index (χ2v) is 5.91. The summed E-state index contributed by atoms with van der Waals surface area (Å²) in [5.41, 5.74) is 3.59. The van der Waals surface area contributed by atoms with Crippen LogP contribution < -0.4 is 10.6 Å². The molecule has 2 aromatic rings. The van der Waals surface area contributed by atoms with Gasteiger partial charge in [0.25, 0.3) is 0 Å². The Bertz CT molecular complexity index is 632. The van der Waals surface area contributed by atoms with Crippen LogP contribution in [0.25, 0.3) is 0 Å². The van der Waals surface area contributed by atoms with Crippen molar-refractivity contribution in [2.75, 3.05) is 13.6 Å². The summed E-state index contributed by atoms with van der Waals surface area (Å²) in [7, 11) is 1.78. The number of rotatable bonds is 5. The van der Waals surface area contributed by atoms with Crippen LogP contribution in [0.5, 0.6) is 0 Å². The van der Waals surface area contributed by atoms with Gasteiger partial charge in [-0.3, -0.25) is 9.98 Å². The highest BCUT2D eigenvalue weighted by Gasteiger charge is 2.02. The first-order valence-electron chi connectivity index (χ1n) is 7.28. The molecule has 0 atom stereocenters. The van der Waals surface area contributed by atoms with E-state index in [1.807, 2.05) is 24.4 Å². The van der Waals surface area contributed by atoms with E-state index in [4.69, 9.17) is 0 Å². The lowest BCUT2D eigenvalue weighted by atomic mass is 10.1. The van der Waals surface area contributed by atoms with Gasteiger partial charge in [-0.1, -0.05) is 28.1 Å². The minimum absolute atomic E-state index is 0. The zero-order chi connectivity index (χ0) is 15.8. The van der Waals surface area contributed by atoms with E-state index in [2.05, 4.69) is 61.7 Å². The maximum Gasteiger partial charge on any atom is 0.191 e. The molecular weight excluding hydrogens is 467 g/mol. The normalized spacial score (nSPS) is 10.8. The third-order valence-corrected chi connectivity index (χ3v) is 3.87. The first-order chi connectivity index (χ1) is 10.7. The number of nitrogens with zero attached hydrogens (tertiary/aromatic N) is 2. The predicted molar refractivity (Wildman–Crippen MR) is 110 cm³/mol. The average molecular weight is 489 g/mol. The van der Waals surface area contributed by atoms with Crippen LogP contribution in [0.4, 0.5) is 0 Å². The van der Waals surface area contributed by atoms with Gasteiger partial charge >= 0.3 is 0 Å². The molecule has 0 fully saturated rings. The van der Waals surface area contributed by atoms with Crippen molar-refractivity contribution in [3.63, 3.8) is 0 Å². The van der Waals surface area contributed by atoms with Crippen molar-refractivity contribution < 1.29 is 0 Å². The van der Waals surface area contributed by atoms with Gasteiger partial charge in [-0.25, -0.2) is 0 Å². The van der Waals surface area contributed by atoms with Gasteiger partial charge in [-0.2, -0.15) is 0 Å². The molecule has 0 saturated heterocycles. The van der Waals surface area contributed by atoms with Gasteiger partial charge in [0.1, 0.15) is 0 Å². The predicted octanol–water partition coefficient (Wildman–Crippen LogP) is 3.68. The van der Waals surface area contributed by atoms with Crippen molar-refractivity contribution in [1.29, 1.82) is 0 Å². The van der Waals surface area contributed by atoms with Crippen LogP contribution in [0, 0.1) is 6.92 Å². The third-order valence-electron chi connectivity index (χ3n) is 3.37. The number of hydrogen-bond donors (Lipinski definition) is 2. The fourth-order valence-corrected chi connectivity index (χ4v) is 2.59. The molecule has 0 aliphatic carbocycles. The summed E-state index contributed by atoms with van der Waals surface area (Å²) >= 11 is 3.48. The van der Waals surface area contributed by atoms with Crippen molar-refractivity contribution in [3.8, 4) is 0 Å². The summed E-state index contributed by atoms with van der Waals surface area (Å²) < 4.78 is 1.10. The average Bonchev–Trinajstić information content (AvgIpc) is 2.53. The molecule has 4 nitrogen and oxygen atoms in total. The molecule has 0 aliphatic heterocycles. The van der Waals surface area contributed by atoms with E-state index in [1.54, 1.807) is 7.05 Å². The zero-order valence-electron chi connectivity index (χ0n) is 13.3. The van der Waals surface area contributed by atoms with E-state index < -0.39 is 0 Å². The monoisotopic (exact) mass is 488 g/mol. The Kier molecular flexibility index (Phi) is 9.16. The maximum atomic E-state index is 4.31. The lowest BCUT2D eigenvalue weighted by Gasteiger charge is -2.13. The number of guanidine groups is 1. The molecule has 0 unspecified atom stereocenters. The van der Waals surface area contributed by atoms with Gasteiger partial charge in [-0.05, 0) is 42.3 Å². The molecule has 0 amide bonds. The summed E-state index contributed by atoms with van der Waals surface area (Å²) in [6.45, 7) is 3.66. The highest BCUT2D eigenvalue weighted by molar-refractivity contribution is 14.0. The van der Waals surface area contributed by atoms with Crippen molar-refractivity contribution >= 4 is 45.9 Å². The van der Waals surface area contributed by atoms with Gasteiger partial charge in [0.2, 0.25) is 0 Å². The number of aryl methyl sites for hydroxylation is 1. The summed E-state index contributed by atoms with van der Waals surface area (Å²) in [4.78, 5) is 8.56. The van der Waals surface area contributed by atoms with Crippen molar-refractivity contribution in [3.05, 3.63) is 63.9 Å². The Morgan fingerprint density at radius 1 is 1.22 bits per heavy atom. The quantitative estimate of drug-likeness (QED) is 0.383. The summed E-state index contributed by atoms with van der Waals surface area (Å²) in [6, 6.07) is 12.3. The van der Waals surface area contributed by atoms with Crippen molar-refractivity contribution in [2.45, 2.75) is 19.9 Å². The van der Waals surface area contributed by atoms with E-state index >= 15 is 0 Å². The molecular formula is C17H22BrIN4. The summed E-state index contributed by atoms with van der Waals surface area (Å²) in [5.74, 6) is 0.804. The van der Waals surface area contributed by atoms with Crippen LogP contribution in [-0.4, -0.2) is 24.5 Å². The van der Waals surface area contributed by atoms with Crippen LogP contribution in [0.15, 0.2) is 52.1 Å². The number of benzene rings is 1. The topological polar surface area (TPSA) is 49.3 Å². The van der Waals surface area contributed by atoms with E-state index in [0.717, 1.165) is 35.6 Å². The molecule has 1 heterocycles. The molecule has 0 saturated carbocycles. The summed E-state index contributed by atoms with van der Waals surface area (Å²) in [6.07, 6.45) is 2.69. The van der Waals surface area contributed by atoms with Crippen LogP contribution in [0.3, 0.4) is 0 Å². The molecule has 23 heavy (non-hydrogen) atoms. The first-order valence-corrected chi connectivity index (χ1v) is 8.08. The largest absolute Gasteiger partial charge is 0.356 e. The summed E-state index contributed by atoms with van der Waals surface area (Å²) in [5, 5.41) is 6.64. The smallest absolute Gasteiger partial charge is 0.191 e. The Morgan fingerprint density at radius 2 is 2.04 bits per heavy atom. The second-order valence-electron chi connectivity index (χ2n) is 4.99. The Morgan fingerprint density at radius 3 is 2.70 bits per heavy atom. The van der Waals surface area contributed by atoms with Gasteiger partial charge in [0, 0.05) is 42.9 Å². The molecule has 0 bridgehead atoms. The highest BCUT2D eigenvalue weighted by atomic mass is 127. The number of aromatic nitrogens is 1. The molecule has 0 spiro atoms. The SMILES string of the molecule is CN=C(NCCc1ccccn1)NCc1ccc(Br)cc1C.I. The second kappa shape index (κ2) is 10.6. The zero-order valence-corrected chi connectivity index (χ0v) is 17.3. The molecule has 6 heteroatoms. The number of pyridine rings is 1. The van der Waals surface area contributed by atoms with Gasteiger partial charge in [-0.15, -0.1) is 24.0 Å². The molecule has 1 aromatic heterocycles. The minimum Gasteiger partial charge on any atom is -0.356 e. The number of hydrogen-bond acceptors (Lipinski definition) is 2. The maximum absolute atomic E-state index is 4.31. The molecule has 2 N–H and O–H groups in total. The minimum atomic E-state index is 0. The Labute approximate surface area is 163 Å². The van der Waals surface area contributed by atoms with E-state index in [-0.39, 0.29) is 24.0 Å². The number of halogens is 2. The number of nitrogens with one attached hydrogen (secondary N) is 2. The Balaban J connectivity index is 0.00000264. The highest BCUT2D eigenvalue weighted by Crippen LogP contribution is 2.15. The van der Waals surface area contributed by atoms with Crippen LogP contribution >= 0.6 is 39.9 Å². The first kappa shape index (κ1) is 19.9. The van der Waals surface area contributed by atoms with Gasteiger partial charge in [0.05, 0.1) is 0 Å². The molecule has 1 aromatic carbocycles. The fraction of sp³-hybridized carbons (Fsp3) is 0.294. The lowest BCUT2D eigenvalue weighted by Crippen LogP contribution is -2.38. The number of aliphatic imine (C=N–C) groups is 1. The van der Waals surface area contributed by atoms with Crippen LogP contribution in [0.2, 0.25) is 0 Å². The molecule has 2 rings (SSSR count). The van der Waals surface area contributed by atoms with Gasteiger partial charge < -0.3 is 10.6 Å².